The summed E-state index contributed by atoms with van der Waals surface area (Å²) in [5, 5.41) is 20.6. The van der Waals surface area contributed by atoms with Crippen molar-refractivity contribution < 1.29 is 9.90 Å². The Hall–Kier alpha value is -1.12. The highest BCUT2D eigenvalue weighted by atomic mass is 16.4. The van der Waals surface area contributed by atoms with Gasteiger partial charge in [-0.05, 0) is 14.0 Å². The molecule has 5 nitrogen and oxygen atoms in total. The fraction of sp³-hybridized carbons (Fsp3) is 0.800. The minimum atomic E-state index is -0.785. The highest BCUT2D eigenvalue weighted by Gasteiger charge is 2.44. The molecule has 0 radical (unpaired) electrons. The van der Waals surface area contributed by atoms with Crippen LogP contribution in [0.2, 0.25) is 0 Å². The van der Waals surface area contributed by atoms with Crippen molar-refractivity contribution in [3.05, 3.63) is 0 Å². The van der Waals surface area contributed by atoms with Gasteiger partial charge in [0.25, 0.3) is 0 Å². The van der Waals surface area contributed by atoms with Crippen LogP contribution < -0.4 is 5.32 Å². The summed E-state index contributed by atoms with van der Waals surface area (Å²) in [4.78, 5) is 12.8. The normalized spacial score (nSPS) is 20.4. The van der Waals surface area contributed by atoms with Gasteiger partial charge in [0.15, 0.2) is 0 Å². The summed E-state index contributed by atoms with van der Waals surface area (Å²) < 4.78 is 0. The first-order valence-electron chi connectivity index (χ1n) is 5.04. The Balaban J connectivity index is 2.65. The molecule has 15 heavy (non-hydrogen) atoms. The monoisotopic (exact) mass is 211 g/mol. The van der Waals surface area contributed by atoms with Crippen molar-refractivity contribution in [1.82, 2.24) is 10.2 Å². The summed E-state index contributed by atoms with van der Waals surface area (Å²) in [7, 11) is 1.89. The molecular formula is C10H17N3O2. The Morgan fingerprint density at radius 3 is 2.67 bits per heavy atom. The van der Waals surface area contributed by atoms with Crippen molar-refractivity contribution in [3.8, 4) is 6.07 Å². The lowest BCUT2D eigenvalue weighted by Crippen LogP contribution is -2.70. The standard InChI is InChI=1S/C10H17N3O2/c1-8(3-4-11)13(2)10(5-9(14)15)6-12-7-10/h8,12H,3,5-7H2,1-2H3,(H,14,15). The second-order valence-corrected chi connectivity index (χ2v) is 4.22. The van der Waals surface area contributed by atoms with E-state index in [2.05, 4.69) is 11.4 Å². The maximum atomic E-state index is 10.8. The van der Waals surface area contributed by atoms with Crippen LogP contribution in [0.1, 0.15) is 19.8 Å². The summed E-state index contributed by atoms with van der Waals surface area (Å²) in [6.45, 7) is 3.32. The number of carboxylic acid groups (broad SMARTS) is 1. The molecule has 1 unspecified atom stereocenters. The summed E-state index contributed by atoms with van der Waals surface area (Å²) in [6.07, 6.45) is 0.560. The van der Waals surface area contributed by atoms with Gasteiger partial charge in [0.1, 0.15) is 0 Å². The van der Waals surface area contributed by atoms with Gasteiger partial charge in [0, 0.05) is 19.1 Å². The van der Waals surface area contributed by atoms with Crippen LogP contribution in [0.25, 0.3) is 0 Å². The first-order chi connectivity index (χ1) is 7.02. The Bertz CT molecular complexity index is 281. The molecule has 0 spiro atoms. The van der Waals surface area contributed by atoms with E-state index >= 15 is 0 Å². The lowest BCUT2D eigenvalue weighted by atomic mass is 9.85. The van der Waals surface area contributed by atoms with Gasteiger partial charge in [-0.2, -0.15) is 5.26 Å². The van der Waals surface area contributed by atoms with Crippen molar-refractivity contribution >= 4 is 5.97 Å². The summed E-state index contributed by atoms with van der Waals surface area (Å²) in [5.41, 5.74) is -0.303. The van der Waals surface area contributed by atoms with E-state index < -0.39 is 5.97 Å². The highest BCUT2D eigenvalue weighted by molar-refractivity contribution is 5.68. The van der Waals surface area contributed by atoms with Crippen LogP contribution in [0.4, 0.5) is 0 Å². The van der Waals surface area contributed by atoms with Crippen LogP contribution in [0, 0.1) is 11.3 Å². The van der Waals surface area contributed by atoms with Gasteiger partial charge in [-0.3, -0.25) is 9.69 Å². The van der Waals surface area contributed by atoms with Gasteiger partial charge in [-0.1, -0.05) is 0 Å². The maximum absolute atomic E-state index is 10.8. The van der Waals surface area contributed by atoms with E-state index in [1.807, 2.05) is 18.9 Å². The zero-order valence-electron chi connectivity index (χ0n) is 9.16. The van der Waals surface area contributed by atoms with Crippen LogP contribution in [-0.2, 0) is 4.79 Å². The third-order valence-corrected chi connectivity index (χ3v) is 3.18. The predicted molar refractivity (Wildman–Crippen MR) is 55.3 cm³/mol. The van der Waals surface area contributed by atoms with Crippen LogP contribution >= 0.6 is 0 Å². The third kappa shape index (κ3) is 2.46. The molecule has 1 rings (SSSR count). The van der Waals surface area contributed by atoms with Gasteiger partial charge >= 0.3 is 5.97 Å². The predicted octanol–water partition coefficient (Wildman–Crippen LogP) is 0.0371. The molecule has 0 amide bonds. The number of rotatable bonds is 5. The van der Waals surface area contributed by atoms with Crippen molar-refractivity contribution in [3.63, 3.8) is 0 Å². The third-order valence-electron chi connectivity index (χ3n) is 3.18. The summed E-state index contributed by atoms with van der Waals surface area (Å²) in [6, 6.07) is 2.21. The molecular weight excluding hydrogens is 194 g/mol. The second kappa shape index (κ2) is 4.60. The van der Waals surface area contributed by atoms with E-state index in [0.29, 0.717) is 19.5 Å². The molecule has 2 N–H and O–H groups in total. The van der Waals surface area contributed by atoms with Crippen molar-refractivity contribution in [2.75, 3.05) is 20.1 Å². The largest absolute Gasteiger partial charge is 0.481 e. The van der Waals surface area contributed by atoms with E-state index in [-0.39, 0.29) is 18.0 Å². The van der Waals surface area contributed by atoms with E-state index in [1.165, 1.54) is 0 Å². The van der Waals surface area contributed by atoms with Gasteiger partial charge in [0.05, 0.1) is 24.4 Å². The molecule has 1 saturated heterocycles. The molecule has 0 bridgehead atoms. The molecule has 0 saturated carbocycles. The Morgan fingerprint density at radius 1 is 1.73 bits per heavy atom. The van der Waals surface area contributed by atoms with Crippen LogP contribution in [0.5, 0.6) is 0 Å². The first-order valence-corrected chi connectivity index (χ1v) is 5.04. The van der Waals surface area contributed by atoms with Gasteiger partial charge < -0.3 is 10.4 Å². The Kier molecular flexibility index (Phi) is 3.66. The molecule has 84 valence electrons. The number of aliphatic carboxylic acids is 1. The Labute approximate surface area is 89.7 Å². The van der Waals surface area contributed by atoms with E-state index in [1.54, 1.807) is 0 Å². The lowest BCUT2D eigenvalue weighted by Gasteiger charge is -2.50. The topological polar surface area (TPSA) is 76.4 Å². The number of nitriles is 1. The number of carbonyl (C=O) groups is 1. The number of hydrogen-bond donors (Lipinski definition) is 2. The number of nitrogens with one attached hydrogen (secondary N) is 1. The average molecular weight is 211 g/mol. The number of likely N-dealkylation sites (N-methyl/N-ethyl adjacent to an activating group) is 1. The molecule has 5 heteroatoms. The molecule has 1 aliphatic heterocycles. The fourth-order valence-corrected chi connectivity index (χ4v) is 1.93. The molecule has 1 heterocycles. The molecule has 0 aromatic rings. The van der Waals surface area contributed by atoms with Crippen molar-refractivity contribution in [1.29, 1.82) is 5.26 Å². The molecule has 0 aliphatic carbocycles. The summed E-state index contributed by atoms with van der Waals surface area (Å²) >= 11 is 0. The maximum Gasteiger partial charge on any atom is 0.305 e. The smallest absolute Gasteiger partial charge is 0.305 e. The highest BCUT2D eigenvalue weighted by Crippen LogP contribution is 2.26. The zero-order chi connectivity index (χ0) is 11.5. The molecule has 0 aromatic carbocycles. The molecule has 0 aromatic heterocycles. The molecule has 1 atom stereocenters. The van der Waals surface area contributed by atoms with Crippen molar-refractivity contribution in [2.45, 2.75) is 31.3 Å². The van der Waals surface area contributed by atoms with Gasteiger partial charge in [-0.25, -0.2) is 0 Å². The Morgan fingerprint density at radius 2 is 2.33 bits per heavy atom. The van der Waals surface area contributed by atoms with Crippen LogP contribution in [-0.4, -0.2) is 47.7 Å². The second-order valence-electron chi connectivity index (χ2n) is 4.22. The van der Waals surface area contributed by atoms with Crippen LogP contribution in [0.15, 0.2) is 0 Å². The van der Waals surface area contributed by atoms with E-state index in [4.69, 9.17) is 10.4 Å². The SMILES string of the molecule is CC(CC#N)N(C)C1(CC(=O)O)CNC1. The first kappa shape index (κ1) is 12.0. The zero-order valence-corrected chi connectivity index (χ0v) is 9.16. The van der Waals surface area contributed by atoms with Gasteiger partial charge in [-0.15, -0.1) is 0 Å². The van der Waals surface area contributed by atoms with Gasteiger partial charge in [0.2, 0.25) is 0 Å². The lowest BCUT2D eigenvalue weighted by molar-refractivity contribution is -0.142. The minimum absolute atomic E-state index is 0.0939. The quantitative estimate of drug-likeness (QED) is 0.671. The molecule has 1 aliphatic rings. The van der Waals surface area contributed by atoms with Crippen molar-refractivity contribution in [2.24, 2.45) is 0 Å². The molecule has 1 fully saturated rings. The average Bonchev–Trinajstić information content (AvgIpc) is 2.10. The fourth-order valence-electron chi connectivity index (χ4n) is 1.93. The number of carboxylic acids is 1. The minimum Gasteiger partial charge on any atom is -0.481 e. The van der Waals surface area contributed by atoms with E-state index in [9.17, 15) is 4.79 Å². The number of hydrogen-bond acceptors (Lipinski definition) is 4. The van der Waals surface area contributed by atoms with Crippen LogP contribution in [0.3, 0.4) is 0 Å². The summed E-state index contributed by atoms with van der Waals surface area (Å²) in [5.74, 6) is -0.785. The van der Waals surface area contributed by atoms with E-state index in [0.717, 1.165) is 0 Å². The number of nitrogens with zero attached hydrogens (tertiary/aromatic N) is 2.